The van der Waals surface area contributed by atoms with Crippen LogP contribution in [0.5, 0.6) is 0 Å². The van der Waals surface area contributed by atoms with Gasteiger partial charge in [-0.15, -0.1) is 0 Å². The fourth-order valence-electron chi connectivity index (χ4n) is 3.91. The molecule has 1 atom stereocenters. The number of unbranched alkanes of at least 4 members (excludes halogenated alkanes) is 1. The van der Waals surface area contributed by atoms with Gasteiger partial charge in [0.15, 0.2) is 0 Å². The van der Waals surface area contributed by atoms with Crippen LogP contribution in [0.4, 0.5) is 0 Å². The molecule has 0 heterocycles. The minimum atomic E-state index is -3.94. The van der Waals surface area contributed by atoms with Crippen LogP contribution in [0.1, 0.15) is 42.4 Å². The number of rotatable bonds is 10. The van der Waals surface area contributed by atoms with Crippen molar-refractivity contribution in [3.05, 3.63) is 64.2 Å². The monoisotopic (exact) mass is 449 g/mol. The number of hydrogen-bond acceptors (Lipinski definition) is 4. The number of aryl methyl sites for hydroxylation is 2. The maximum absolute atomic E-state index is 12.8. The van der Waals surface area contributed by atoms with Crippen molar-refractivity contribution >= 4 is 33.9 Å². The average molecular weight is 450 g/mol. The Morgan fingerprint density at radius 2 is 1.83 bits per heavy atom. The van der Waals surface area contributed by atoms with Crippen LogP contribution in [-0.2, 0) is 37.9 Å². The van der Waals surface area contributed by atoms with Gasteiger partial charge in [0.2, 0.25) is 10.0 Å². The Kier molecular flexibility index (Phi) is 6.95. The summed E-state index contributed by atoms with van der Waals surface area (Å²) in [6.45, 7) is -0.315. The molecule has 1 unspecified atom stereocenters. The molecule has 30 heavy (non-hydrogen) atoms. The number of carboxylic acid groups (broad SMARTS) is 1. The number of nitrogens with one attached hydrogen (secondary N) is 1. The molecule has 1 aliphatic rings. The molecule has 0 bridgehead atoms. The van der Waals surface area contributed by atoms with Gasteiger partial charge < -0.3 is 9.90 Å². The second-order valence-electron chi connectivity index (χ2n) is 7.56. The molecule has 3 rings (SSSR count). The van der Waals surface area contributed by atoms with Gasteiger partial charge in [0.25, 0.3) is 0 Å². The van der Waals surface area contributed by atoms with Gasteiger partial charge in [0, 0.05) is 18.0 Å². The lowest BCUT2D eigenvalue weighted by atomic mass is 9.75. The summed E-state index contributed by atoms with van der Waals surface area (Å²) in [7, 11) is -3.94. The van der Waals surface area contributed by atoms with E-state index in [0.717, 1.165) is 31.1 Å². The smallest absolute Gasteiger partial charge is 0.315 e. The first-order chi connectivity index (χ1) is 14.3. The molecule has 0 aromatic heterocycles. The number of carbonyl (C=O) groups excluding carboxylic acids is 1. The highest BCUT2D eigenvalue weighted by atomic mass is 35.5. The third-order valence-corrected chi connectivity index (χ3v) is 7.34. The van der Waals surface area contributed by atoms with Gasteiger partial charge in [-0.05, 0) is 73.1 Å². The van der Waals surface area contributed by atoms with Crippen LogP contribution in [0.2, 0.25) is 5.02 Å². The van der Waals surface area contributed by atoms with E-state index in [2.05, 4.69) is 4.72 Å². The van der Waals surface area contributed by atoms with Crippen LogP contribution in [0.25, 0.3) is 0 Å². The van der Waals surface area contributed by atoms with Crippen molar-refractivity contribution in [2.45, 2.75) is 48.8 Å². The first-order valence-electron chi connectivity index (χ1n) is 9.83. The average Bonchev–Trinajstić information content (AvgIpc) is 3.18. The number of hydrogen-bond donors (Lipinski definition) is 2. The van der Waals surface area contributed by atoms with Crippen LogP contribution in [0.15, 0.2) is 47.4 Å². The van der Waals surface area contributed by atoms with Crippen molar-refractivity contribution < 1.29 is 23.1 Å². The first-order valence-corrected chi connectivity index (χ1v) is 11.7. The van der Waals surface area contributed by atoms with Gasteiger partial charge in [0.1, 0.15) is 11.7 Å². The van der Waals surface area contributed by atoms with E-state index in [9.17, 15) is 23.1 Å². The second kappa shape index (κ2) is 9.29. The zero-order valence-electron chi connectivity index (χ0n) is 16.4. The Morgan fingerprint density at radius 1 is 1.13 bits per heavy atom. The maximum Gasteiger partial charge on any atom is 0.315 e. The van der Waals surface area contributed by atoms with Crippen molar-refractivity contribution in [2.75, 3.05) is 6.54 Å². The van der Waals surface area contributed by atoms with Crippen molar-refractivity contribution in [1.82, 2.24) is 4.72 Å². The zero-order valence-corrected chi connectivity index (χ0v) is 18.0. The molecule has 0 saturated carbocycles. The number of sulfonamides is 1. The van der Waals surface area contributed by atoms with Gasteiger partial charge >= 0.3 is 5.97 Å². The molecule has 0 radical (unpaired) electrons. The fraction of sp³-hybridized carbons (Fsp3) is 0.364. The van der Waals surface area contributed by atoms with Crippen LogP contribution in [0, 0.1) is 0 Å². The predicted octanol–water partition coefficient (Wildman–Crippen LogP) is 3.50. The number of aliphatic carboxylic acids is 1. The Labute approximate surface area is 181 Å². The maximum atomic E-state index is 12.8. The quantitative estimate of drug-likeness (QED) is 0.427. The van der Waals surface area contributed by atoms with E-state index in [4.69, 9.17) is 11.6 Å². The van der Waals surface area contributed by atoms with Crippen molar-refractivity contribution in [3.63, 3.8) is 0 Å². The van der Waals surface area contributed by atoms with Crippen LogP contribution in [-0.4, -0.2) is 32.3 Å². The topological polar surface area (TPSA) is 101 Å². The molecule has 2 aromatic carbocycles. The molecule has 160 valence electrons. The lowest BCUT2D eigenvalue weighted by Crippen LogP contribution is -2.46. The van der Waals surface area contributed by atoms with Gasteiger partial charge in [0.05, 0.1) is 4.90 Å². The summed E-state index contributed by atoms with van der Waals surface area (Å²) in [4.78, 5) is 23.3. The summed E-state index contributed by atoms with van der Waals surface area (Å²) >= 11 is 5.83. The highest BCUT2D eigenvalue weighted by Crippen LogP contribution is 2.34. The number of aldehydes is 1. The lowest BCUT2D eigenvalue weighted by Gasteiger charge is -2.31. The second-order valence-corrected chi connectivity index (χ2v) is 9.77. The molecule has 0 fully saturated rings. The molecule has 0 aliphatic heterocycles. The molecule has 1 aliphatic carbocycles. The SMILES string of the molecule is O=CCCCC(CNS(=O)(=O)c1ccc(Cl)cc1)(C(=O)O)c1ccc2c(c1)CCC2. The Balaban J connectivity index is 1.95. The highest BCUT2D eigenvalue weighted by Gasteiger charge is 2.41. The van der Waals surface area contributed by atoms with E-state index in [0.29, 0.717) is 17.0 Å². The van der Waals surface area contributed by atoms with Gasteiger partial charge in [-0.2, -0.15) is 0 Å². The molecule has 6 nitrogen and oxygen atoms in total. The summed E-state index contributed by atoms with van der Waals surface area (Å²) in [6, 6.07) is 11.3. The van der Waals surface area contributed by atoms with Crippen LogP contribution >= 0.6 is 11.6 Å². The zero-order chi connectivity index (χ0) is 21.8. The number of carbonyl (C=O) groups is 2. The molecule has 0 saturated heterocycles. The lowest BCUT2D eigenvalue weighted by molar-refractivity contribution is -0.144. The Hall–Kier alpha value is -2.22. The molecular formula is C22H24ClNO5S. The van der Waals surface area contributed by atoms with E-state index < -0.39 is 21.4 Å². The minimum Gasteiger partial charge on any atom is -0.481 e. The van der Waals surface area contributed by atoms with Crippen LogP contribution < -0.4 is 4.72 Å². The van der Waals surface area contributed by atoms with Crippen molar-refractivity contribution in [2.24, 2.45) is 0 Å². The number of halogens is 1. The van der Waals surface area contributed by atoms with E-state index in [1.165, 1.54) is 29.8 Å². The highest BCUT2D eigenvalue weighted by molar-refractivity contribution is 7.89. The molecule has 0 spiro atoms. The molecule has 2 N–H and O–H groups in total. The van der Waals surface area contributed by atoms with Crippen LogP contribution in [0.3, 0.4) is 0 Å². The summed E-state index contributed by atoms with van der Waals surface area (Å²) in [5.74, 6) is -1.12. The van der Waals surface area contributed by atoms with Crippen molar-refractivity contribution in [1.29, 1.82) is 0 Å². The normalized spacial score (nSPS) is 15.4. The minimum absolute atomic E-state index is 0.00744. The predicted molar refractivity (Wildman–Crippen MR) is 114 cm³/mol. The van der Waals surface area contributed by atoms with Gasteiger partial charge in [-0.3, -0.25) is 4.79 Å². The summed E-state index contributed by atoms with van der Waals surface area (Å²) in [5.41, 5.74) is 1.39. The fourth-order valence-corrected chi connectivity index (χ4v) is 5.14. The molecule has 8 heteroatoms. The van der Waals surface area contributed by atoms with E-state index >= 15 is 0 Å². The van der Waals surface area contributed by atoms with Gasteiger partial charge in [-0.25, -0.2) is 13.1 Å². The van der Waals surface area contributed by atoms with Gasteiger partial charge in [-0.1, -0.05) is 29.8 Å². The number of fused-ring (bicyclic) bond motifs is 1. The standard InChI is InChI=1S/C22H24ClNO5S/c23-19-8-10-20(11-9-19)30(28,29)24-15-22(21(26)27,12-1-2-13-25)18-7-6-16-4-3-5-17(16)14-18/h6-11,13-14,24H,1-5,12,15H2,(H,26,27). The van der Waals surface area contributed by atoms with E-state index in [1.807, 2.05) is 12.1 Å². The van der Waals surface area contributed by atoms with Crippen molar-refractivity contribution in [3.8, 4) is 0 Å². The summed E-state index contributed by atoms with van der Waals surface area (Å²) < 4.78 is 28.0. The molecular weight excluding hydrogens is 426 g/mol. The Bertz CT molecular complexity index is 1040. The van der Waals surface area contributed by atoms with E-state index in [1.54, 1.807) is 6.07 Å². The third kappa shape index (κ3) is 4.74. The van der Waals surface area contributed by atoms with E-state index in [-0.39, 0.29) is 24.3 Å². The first kappa shape index (κ1) is 22.5. The summed E-state index contributed by atoms with van der Waals surface area (Å²) in [6.07, 6.45) is 4.30. The number of benzene rings is 2. The number of carboxylic acids is 1. The summed E-state index contributed by atoms with van der Waals surface area (Å²) in [5, 5.41) is 10.6. The Morgan fingerprint density at radius 3 is 2.50 bits per heavy atom. The molecule has 2 aromatic rings. The third-order valence-electron chi connectivity index (χ3n) is 5.67. The molecule has 0 amide bonds. The largest absolute Gasteiger partial charge is 0.481 e.